The van der Waals surface area contributed by atoms with Gasteiger partial charge in [-0.25, -0.2) is 4.58 Å². The second-order valence-electron chi connectivity index (χ2n) is 12.1. The molecular formula is C32H41N2+. The quantitative estimate of drug-likeness (QED) is 0.515. The van der Waals surface area contributed by atoms with E-state index in [0.29, 0.717) is 0 Å². The van der Waals surface area contributed by atoms with Crippen molar-refractivity contribution in [2.45, 2.75) is 85.7 Å². The predicted octanol–water partition coefficient (Wildman–Crippen LogP) is 5.88. The van der Waals surface area contributed by atoms with Crippen LogP contribution in [0.5, 0.6) is 0 Å². The molecule has 0 spiro atoms. The van der Waals surface area contributed by atoms with Gasteiger partial charge in [-0.3, -0.25) is 0 Å². The molecule has 2 nitrogen and oxygen atoms in total. The van der Waals surface area contributed by atoms with E-state index in [4.69, 9.17) is 0 Å². The first kappa shape index (κ1) is 23.1. The number of nitrogens with zero attached hydrogens (tertiary/aromatic N) is 2. The van der Waals surface area contributed by atoms with Crippen molar-refractivity contribution in [3.63, 3.8) is 0 Å². The molecule has 0 aromatic heterocycles. The van der Waals surface area contributed by atoms with Crippen LogP contribution in [0.3, 0.4) is 0 Å². The van der Waals surface area contributed by atoms with E-state index in [2.05, 4.69) is 121 Å². The minimum Gasteiger partial charge on any atom is -0.363 e. The minimum atomic E-state index is -0.0687. The smallest absolute Gasteiger partial charge is 0.208 e. The molecule has 0 saturated heterocycles. The lowest BCUT2D eigenvalue weighted by atomic mass is 9.70. The van der Waals surface area contributed by atoms with E-state index in [0.717, 1.165) is 13.1 Å². The van der Waals surface area contributed by atoms with Gasteiger partial charge in [0.2, 0.25) is 5.36 Å². The molecule has 2 aliphatic heterocycles. The maximum Gasteiger partial charge on any atom is 0.208 e. The number of likely N-dealkylation sites (N-methyl/N-ethyl adjacent to an activating group) is 2. The van der Waals surface area contributed by atoms with Crippen molar-refractivity contribution in [1.82, 2.24) is 4.58 Å². The minimum absolute atomic E-state index is 0.0245. The molecule has 34 heavy (non-hydrogen) atoms. The first-order chi connectivity index (χ1) is 15.8. The maximum atomic E-state index is 2.56. The average molecular weight is 454 g/mol. The third-order valence-electron chi connectivity index (χ3n) is 8.59. The summed E-state index contributed by atoms with van der Waals surface area (Å²) in [6.07, 6.45) is 7.29. The number of fused-ring (bicyclic) bond motifs is 4. The average Bonchev–Trinajstić information content (AvgIpc) is 2.72. The number of rotatable bonds is 2. The molecule has 0 fully saturated rings. The van der Waals surface area contributed by atoms with Gasteiger partial charge in [0.05, 0.1) is 5.54 Å². The summed E-state index contributed by atoms with van der Waals surface area (Å²) in [4.78, 5) is 2.56. The van der Waals surface area contributed by atoms with Gasteiger partial charge in [0.15, 0.2) is 5.54 Å². The van der Waals surface area contributed by atoms with Crippen LogP contribution in [0.2, 0.25) is 0 Å². The Labute approximate surface area is 206 Å². The fraction of sp³-hybridized carbons (Fsp3) is 0.469. The van der Waals surface area contributed by atoms with Crippen LogP contribution in [0.25, 0.3) is 17.2 Å². The van der Waals surface area contributed by atoms with Crippen LogP contribution in [0.1, 0.15) is 97.1 Å². The number of anilines is 1. The molecule has 5 rings (SSSR count). The molecule has 3 aliphatic rings. The van der Waals surface area contributed by atoms with Crippen LogP contribution in [0.15, 0.2) is 36.4 Å². The van der Waals surface area contributed by atoms with E-state index in [1.807, 2.05) is 0 Å². The molecule has 2 heterocycles. The van der Waals surface area contributed by atoms with E-state index >= 15 is 0 Å². The van der Waals surface area contributed by atoms with Crippen molar-refractivity contribution in [3.05, 3.63) is 74.8 Å². The van der Waals surface area contributed by atoms with Gasteiger partial charge in [0.25, 0.3) is 0 Å². The SMILES string of the molecule is CCN1c2cc3c(cc2C(C)=CC1(C)C)C=c1cc2c(cc1C3(C)C)=[N+](CC)C(C)(C)C=C2C. The topological polar surface area (TPSA) is 6.25 Å². The van der Waals surface area contributed by atoms with Crippen molar-refractivity contribution >= 4 is 22.9 Å². The van der Waals surface area contributed by atoms with Crippen molar-refractivity contribution in [3.8, 4) is 0 Å². The summed E-state index contributed by atoms with van der Waals surface area (Å²) >= 11 is 0. The van der Waals surface area contributed by atoms with E-state index in [1.54, 1.807) is 0 Å². The first-order valence-corrected chi connectivity index (χ1v) is 13.0. The van der Waals surface area contributed by atoms with Gasteiger partial charge in [-0.15, -0.1) is 0 Å². The van der Waals surface area contributed by atoms with Gasteiger partial charge >= 0.3 is 0 Å². The summed E-state index contributed by atoms with van der Waals surface area (Å²) in [6, 6.07) is 9.89. The molecule has 2 aromatic rings. The normalized spacial score (nSPS) is 20.9. The van der Waals surface area contributed by atoms with Gasteiger partial charge in [0, 0.05) is 48.7 Å². The molecule has 0 radical (unpaired) electrons. The molecular weight excluding hydrogens is 412 g/mol. The predicted molar refractivity (Wildman–Crippen MR) is 148 cm³/mol. The van der Waals surface area contributed by atoms with Crippen molar-refractivity contribution < 1.29 is 0 Å². The molecule has 2 aromatic carbocycles. The standard InChI is InChI=1S/C32H41N2/c1-11-33-28-16-26-22(14-24(28)20(3)18-30(33,5)6)13-23-15-25-21(4)19-31(7,8)34(12-2)29(25)17-27(23)32(26,9)10/h13-19H,11-12H2,1-10H3/q+1. The van der Waals surface area contributed by atoms with Crippen LogP contribution < -0.4 is 20.1 Å². The molecule has 0 saturated carbocycles. The molecule has 0 N–H and O–H groups in total. The second-order valence-corrected chi connectivity index (χ2v) is 12.1. The fourth-order valence-electron chi connectivity index (χ4n) is 7.07. The summed E-state index contributed by atoms with van der Waals surface area (Å²) in [5, 5.41) is 2.74. The lowest BCUT2D eigenvalue weighted by Crippen LogP contribution is -2.50. The largest absolute Gasteiger partial charge is 0.363 e. The highest BCUT2D eigenvalue weighted by atomic mass is 15.2. The summed E-state index contributed by atoms with van der Waals surface area (Å²) < 4.78 is 2.56. The zero-order valence-corrected chi connectivity index (χ0v) is 22.9. The summed E-state index contributed by atoms with van der Waals surface area (Å²) in [5.41, 5.74) is 11.1. The maximum absolute atomic E-state index is 2.56. The Bertz CT molecular complexity index is 1410. The zero-order chi connectivity index (χ0) is 24.8. The monoisotopic (exact) mass is 453 g/mol. The summed E-state index contributed by atoms with van der Waals surface area (Å²) in [7, 11) is 0. The Morgan fingerprint density at radius 2 is 1.47 bits per heavy atom. The molecule has 0 atom stereocenters. The molecule has 178 valence electrons. The fourth-order valence-corrected chi connectivity index (χ4v) is 7.07. The Kier molecular flexibility index (Phi) is 4.90. The molecule has 0 bridgehead atoms. The third-order valence-corrected chi connectivity index (χ3v) is 8.59. The first-order valence-electron chi connectivity index (χ1n) is 13.0. The van der Waals surface area contributed by atoms with Crippen molar-refractivity contribution in [2.24, 2.45) is 0 Å². The van der Waals surface area contributed by atoms with Gasteiger partial charge in [0.1, 0.15) is 6.54 Å². The molecule has 2 heteroatoms. The van der Waals surface area contributed by atoms with Crippen LogP contribution in [-0.2, 0) is 5.41 Å². The summed E-state index contributed by atoms with van der Waals surface area (Å²) in [6.45, 7) is 25.2. The number of benzene rings is 2. The Hall–Kier alpha value is -2.61. The van der Waals surface area contributed by atoms with Crippen LogP contribution in [-0.4, -0.2) is 24.2 Å². The van der Waals surface area contributed by atoms with Crippen molar-refractivity contribution in [2.75, 3.05) is 18.0 Å². The van der Waals surface area contributed by atoms with Crippen molar-refractivity contribution in [1.29, 1.82) is 0 Å². The zero-order valence-electron chi connectivity index (χ0n) is 22.9. The van der Waals surface area contributed by atoms with E-state index < -0.39 is 0 Å². The summed E-state index contributed by atoms with van der Waals surface area (Å²) in [5.74, 6) is 0. The number of allylic oxidation sites excluding steroid dienone is 2. The number of hydrogen-bond acceptors (Lipinski definition) is 1. The molecule has 1 aliphatic carbocycles. The molecule has 0 amide bonds. The van der Waals surface area contributed by atoms with Gasteiger partial charge in [-0.2, -0.15) is 0 Å². The number of hydrogen-bond donors (Lipinski definition) is 0. The van der Waals surface area contributed by atoms with E-state index in [1.165, 1.54) is 55.2 Å². The Morgan fingerprint density at radius 3 is 2.12 bits per heavy atom. The highest BCUT2D eigenvalue weighted by Crippen LogP contribution is 2.44. The lowest BCUT2D eigenvalue weighted by Gasteiger charge is -2.44. The van der Waals surface area contributed by atoms with E-state index in [-0.39, 0.29) is 16.5 Å². The second kappa shape index (κ2) is 7.20. The van der Waals surface area contributed by atoms with Crippen LogP contribution >= 0.6 is 0 Å². The Morgan fingerprint density at radius 1 is 0.794 bits per heavy atom. The van der Waals surface area contributed by atoms with Gasteiger partial charge < -0.3 is 4.90 Å². The van der Waals surface area contributed by atoms with Gasteiger partial charge in [-0.1, -0.05) is 19.9 Å². The highest BCUT2D eigenvalue weighted by Gasteiger charge is 2.38. The van der Waals surface area contributed by atoms with Crippen LogP contribution in [0.4, 0.5) is 5.69 Å². The highest BCUT2D eigenvalue weighted by molar-refractivity contribution is 5.85. The van der Waals surface area contributed by atoms with Gasteiger partial charge in [-0.05, 0) is 105 Å². The van der Waals surface area contributed by atoms with E-state index in [9.17, 15) is 0 Å². The Balaban J connectivity index is 1.83. The third kappa shape index (κ3) is 3.10. The lowest BCUT2D eigenvalue weighted by molar-refractivity contribution is 0.401. The molecule has 0 unspecified atom stereocenters. The van der Waals surface area contributed by atoms with Crippen LogP contribution in [0, 0.1) is 0 Å².